The van der Waals surface area contributed by atoms with Crippen LogP contribution in [-0.4, -0.2) is 12.6 Å². The van der Waals surface area contributed by atoms with Gasteiger partial charge in [0.15, 0.2) is 11.5 Å². The van der Waals surface area contributed by atoms with Crippen LogP contribution in [0.2, 0.25) is 0 Å². The zero-order chi connectivity index (χ0) is 18.1. The lowest BCUT2D eigenvalue weighted by molar-refractivity contribution is 0.104. The maximum absolute atomic E-state index is 12.7. The lowest BCUT2D eigenvalue weighted by Gasteiger charge is -2.04. The number of nitrogens with zero attached hydrogens (tertiary/aromatic N) is 1. The molecule has 128 valence electrons. The van der Waals surface area contributed by atoms with Crippen LogP contribution in [0.5, 0.6) is 11.5 Å². The minimum atomic E-state index is -0.171. The molecule has 1 aliphatic rings. The molecule has 0 saturated carbocycles. The van der Waals surface area contributed by atoms with Gasteiger partial charge in [-0.3, -0.25) is 4.79 Å². The molecule has 3 aromatic rings. The molecule has 0 fully saturated rings. The van der Waals surface area contributed by atoms with E-state index in [9.17, 15) is 4.79 Å². The zero-order valence-corrected chi connectivity index (χ0v) is 14.3. The van der Waals surface area contributed by atoms with Crippen molar-refractivity contribution in [3.8, 4) is 17.6 Å². The number of hydrogen-bond acceptors (Lipinski definition) is 7. The summed E-state index contributed by atoms with van der Waals surface area (Å²) in [5.41, 5.74) is 8.25. The van der Waals surface area contributed by atoms with Crippen molar-refractivity contribution in [2.24, 2.45) is 0 Å². The fourth-order valence-corrected chi connectivity index (χ4v) is 3.55. The molecule has 6 nitrogen and oxygen atoms in total. The quantitative estimate of drug-likeness (QED) is 0.682. The van der Waals surface area contributed by atoms with Crippen LogP contribution >= 0.6 is 11.3 Å². The number of fused-ring (bicyclic) bond motifs is 1. The number of anilines is 3. The summed E-state index contributed by atoms with van der Waals surface area (Å²) in [6.07, 6.45) is 0. The van der Waals surface area contributed by atoms with Crippen molar-refractivity contribution < 1.29 is 14.3 Å². The Labute approximate surface area is 153 Å². The molecule has 0 unspecified atom stereocenters. The summed E-state index contributed by atoms with van der Waals surface area (Å²) in [5, 5.41) is 12.8. The van der Waals surface area contributed by atoms with Gasteiger partial charge in [-0.05, 0) is 42.5 Å². The largest absolute Gasteiger partial charge is 0.454 e. The van der Waals surface area contributed by atoms with E-state index >= 15 is 0 Å². The van der Waals surface area contributed by atoms with Crippen molar-refractivity contribution in [3.05, 3.63) is 64.5 Å². The molecule has 0 radical (unpaired) electrons. The van der Waals surface area contributed by atoms with E-state index in [1.165, 1.54) is 11.3 Å². The highest BCUT2D eigenvalue weighted by atomic mass is 32.1. The third kappa shape index (κ3) is 2.94. The minimum absolute atomic E-state index is 0.171. The Bertz CT molecular complexity index is 1040. The number of nitrogen functional groups attached to an aromatic ring is 1. The molecule has 0 spiro atoms. The number of nitrogens with one attached hydrogen (secondary N) is 1. The van der Waals surface area contributed by atoms with Crippen LogP contribution in [0.1, 0.15) is 20.8 Å². The van der Waals surface area contributed by atoms with Gasteiger partial charge in [0, 0.05) is 17.3 Å². The molecular weight excluding hydrogens is 350 g/mol. The second-order valence-corrected chi connectivity index (χ2v) is 6.66. The number of nitrogens with two attached hydrogens (primary N) is 1. The molecule has 0 atom stereocenters. The fraction of sp³-hybridized carbons (Fsp3) is 0.0526. The van der Waals surface area contributed by atoms with Gasteiger partial charge in [-0.2, -0.15) is 5.26 Å². The maximum Gasteiger partial charge on any atom is 0.231 e. The number of ketones is 1. The fourth-order valence-electron chi connectivity index (χ4n) is 2.59. The van der Waals surface area contributed by atoms with E-state index in [0.717, 1.165) is 10.7 Å². The number of carbonyl (C=O) groups is 1. The van der Waals surface area contributed by atoms with Crippen molar-refractivity contribution in [1.82, 2.24) is 0 Å². The predicted octanol–water partition coefficient (Wildman–Crippen LogP) is 3.91. The predicted molar refractivity (Wildman–Crippen MR) is 99.2 cm³/mol. The second kappa shape index (κ2) is 6.43. The summed E-state index contributed by atoms with van der Waals surface area (Å²) in [5.74, 6) is 1.21. The average Bonchev–Trinajstić information content (AvgIpc) is 3.27. The molecule has 1 aliphatic heterocycles. The van der Waals surface area contributed by atoms with Gasteiger partial charge in [0.05, 0.1) is 22.3 Å². The molecule has 7 heteroatoms. The van der Waals surface area contributed by atoms with Crippen LogP contribution in [0.4, 0.5) is 16.4 Å². The van der Waals surface area contributed by atoms with Crippen molar-refractivity contribution >= 4 is 33.5 Å². The number of ether oxygens (including phenoxy) is 2. The summed E-state index contributed by atoms with van der Waals surface area (Å²) in [4.78, 5) is 13.1. The number of nitriles is 1. The maximum atomic E-state index is 12.7. The van der Waals surface area contributed by atoms with Crippen LogP contribution in [0.15, 0.2) is 48.5 Å². The molecule has 4 rings (SSSR count). The Morgan fingerprint density at radius 2 is 1.88 bits per heavy atom. The van der Waals surface area contributed by atoms with E-state index in [2.05, 4.69) is 5.32 Å². The summed E-state index contributed by atoms with van der Waals surface area (Å²) < 4.78 is 10.7. The van der Waals surface area contributed by atoms with Gasteiger partial charge in [-0.15, -0.1) is 11.3 Å². The summed E-state index contributed by atoms with van der Waals surface area (Å²) >= 11 is 1.28. The first-order valence-electron chi connectivity index (χ1n) is 7.75. The molecule has 0 bridgehead atoms. The van der Waals surface area contributed by atoms with Crippen LogP contribution in [0, 0.1) is 11.3 Å². The van der Waals surface area contributed by atoms with Crippen molar-refractivity contribution in [2.45, 2.75) is 0 Å². The average molecular weight is 363 g/mol. The van der Waals surface area contributed by atoms with Gasteiger partial charge in [0.25, 0.3) is 0 Å². The third-order valence-electron chi connectivity index (χ3n) is 3.88. The lowest BCUT2D eigenvalue weighted by Crippen LogP contribution is -2.01. The molecule has 2 aromatic carbocycles. The number of rotatable bonds is 4. The van der Waals surface area contributed by atoms with Gasteiger partial charge in [-0.1, -0.05) is 0 Å². The van der Waals surface area contributed by atoms with Crippen LogP contribution in [0.3, 0.4) is 0 Å². The summed E-state index contributed by atoms with van der Waals surface area (Å²) in [6.45, 7) is 0.216. The van der Waals surface area contributed by atoms with Gasteiger partial charge >= 0.3 is 0 Å². The smallest absolute Gasteiger partial charge is 0.231 e. The highest BCUT2D eigenvalue weighted by Gasteiger charge is 2.18. The van der Waals surface area contributed by atoms with Gasteiger partial charge in [0.1, 0.15) is 4.88 Å². The Morgan fingerprint density at radius 1 is 1.12 bits per heavy atom. The lowest BCUT2D eigenvalue weighted by atomic mass is 10.1. The van der Waals surface area contributed by atoms with E-state index in [1.54, 1.807) is 30.3 Å². The Hall–Kier alpha value is -3.50. The van der Waals surface area contributed by atoms with E-state index < -0.39 is 0 Å². The third-order valence-corrected chi connectivity index (χ3v) is 4.95. The van der Waals surface area contributed by atoms with Gasteiger partial charge < -0.3 is 20.5 Å². The number of thiophene rings is 1. The molecule has 2 heterocycles. The molecule has 1 aromatic heterocycles. The Kier molecular flexibility index (Phi) is 3.95. The van der Waals surface area contributed by atoms with E-state index in [4.69, 9.17) is 20.5 Å². The molecular formula is C19H13N3O3S. The van der Waals surface area contributed by atoms with Crippen LogP contribution in [-0.2, 0) is 0 Å². The zero-order valence-electron chi connectivity index (χ0n) is 13.5. The molecule has 0 aliphatic carbocycles. The first-order valence-corrected chi connectivity index (χ1v) is 8.56. The topological polar surface area (TPSA) is 97.4 Å². The monoisotopic (exact) mass is 363 g/mol. The molecule has 26 heavy (non-hydrogen) atoms. The number of benzene rings is 2. The van der Waals surface area contributed by atoms with Gasteiger partial charge in [-0.25, -0.2) is 0 Å². The van der Waals surface area contributed by atoms with Crippen molar-refractivity contribution in [3.63, 3.8) is 0 Å². The minimum Gasteiger partial charge on any atom is -0.454 e. The van der Waals surface area contributed by atoms with E-state index in [1.807, 2.05) is 24.3 Å². The van der Waals surface area contributed by atoms with E-state index in [-0.39, 0.29) is 12.6 Å². The van der Waals surface area contributed by atoms with Crippen LogP contribution < -0.4 is 20.5 Å². The first kappa shape index (κ1) is 16.0. The Morgan fingerprint density at radius 3 is 2.65 bits per heavy atom. The standard InChI is InChI=1S/C19H13N3O3S/c20-9-11-1-3-12(4-2-11)18(23)19-14(21)8-17(26-19)22-13-5-6-15-16(7-13)25-10-24-15/h1-8,22H,10,21H2. The molecule has 0 amide bonds. The first-order chi connectivity index (χ1) is 12.6. The van der Waals surface area contributed by atoms with E-state index in [0.29, 0.717) is 33.2 Å². The van der Waals surface area contributed by atoms with Gasteiger partial charge in [0.2, 0.25) is 12.6 Å². The second-order valence-electron chi connectivity index (χ2n) is 5.61. The molecule has 3 N–H and O–H groups in total. The highest BCUT2D eigenvalue weighted by Crippen LogP contribution is 2.37. The summed E-state index contributed by atoms with van der Waals surface area (Å²) in [7, 11) is 0. The SMILES string of the molecule is N#Cc1ccc(C(=O)c2sc(Nc3ccc4c(c3)OCO4)cc2N)cc1. The normalized spacial score (nSPS) is 11.8. The van der Waals surface area contributed by atoms with Crippen molar-refractivity contribution in [1.29, 1.82) is 5.26 Å². The number of carbonyl (C=O) groups excluding carboxylic acids is 1. The number of hydrogen-bond donors (Lipinski definition) is 2. The van der Waals surface area contributed by atoms with Crippen LogP contribution in [0.25, 0.3) is 0 Å². The highest BCUT2D eigenvalue weighted by molar-refractivity contribution is 7.18. The van der Waals surface area contributed by atoms with Crippen molar-refractivity contribution in [2.75, 3.05) is 17.8 Å². The molecule has 0 saturated heterocycles. The Balaban J connectivity index is 1.57. The summed E-state index contributed by atoms with van der Waals surface area (Å²) in [6, 6.07) is 15.8.